The summed E-state index contributed by atoms with van der Waals surface area (Å²) in [5.41, 5.74) is 0. The summed E-state index contributed by atoms with van der Waals surface area (Å²) < 4.78 is 44.1. The Morgan fingerprint density at radius 1 is 1.30 bits per heavy atom. The second kappa shape index (κ2) is 6.10. The van der Waals surface area contributed by atoms with Crippen LogP contribution in [0.1, 0.15) is 32.6 Å². The molecule has 1 aliphatic carbocycles. The van der Waals surface area contributed by atoms with Gasteiger partial charge in [-0.15, -0.1) is 11.6 Å². The predicted octanol–water partition coefficient (Wildman–Crippen LogP) is 2.96. The SMILES string of the molecule is CC(Cl)C(=O)N1CC(C2CCCC2)OC(C(F)(F)F)C1. The van der Waals surface area contributed by atoms with E-state index in [1.54, 1.807) is 0 Å². The monoisotopic (exact) mass is 313 g/mol. The molecule has 1 aliphatic heterocycles. The Morgan fingerprint density at radius 3 is 2.40 bits per heavy atom. The van der Waals surface area contributed by atoms with E-state index >= 15 is 0 Å². The highest BCUT2D eigenvalue weighted by Crippen LogP contribution is 2.35. The van der Waals surface area contributed by atoms with E-state index in [4.69, 9.17) is 16.3 Å². The molecule has 1 amide bonds. The number of hydrogen-bond acceptors (Lipinski definition) is 2. The van der Waals surface area contributed by atoms with Crippen LogP contribution >= 0.6 is 11.6 Å². The molecule has 116 valence electrons. The number of carbonyl (C=O) groups excluding carboxylic acids is 1. The van der Waals surface area contributed by atoms with E-state index in [-0.39, 0.29) is 12.5 Å². The Morgan fingerprint density at radius 2 is 1.90 bits per heavy atom. The smallest absolute Gasteiger partial charge is 0.362 e. The van der Waals surface area contributed by atoms with Crippen molar-refractivity contribution in [3.63, 3.8) is 0 Å². The number of ether oxygens (including phenoxy) is 1. The normalized spacial score (nSPS) is 30.6. The van der Waals surface area contributed by atoms with Gasteiger partial charge in [0.2, 0.25) is 5.91 Å². The molecule has 1 saturated heterocycles. The zero-order chi connectivity index (χ0) is 14.9. The maximum atomic E-state index is 12.9. The van der Waals surface area contributed by atoms with Gasteiger partial charge in [0.15, 0.2) is 6.10 Å². The number of morpholine rings is 1. The van der Waals surface area contributed by atoms with Gasteiger partial charge in [-0.2, -0.15) is 13.2 Å². The van der Waals surface area contributed by atoms with Crippen molar-refractivity contribution in [1.29, 1.82) is 0 Å². The Bertz CT molecular complexity index is 356. The molecule has 0 bridgehead atoms. The number of alkyl halides is 4. The van der Waals surface area contributed by atoms with E-state index in [1.165, 1.54) is 11.8 Å². The van der Waals surface area contributed by atoms with Crippen LogP contribution in [-0.4, -0.2) is 47.7 Å². The van der Waals surface area contributed by atoms with Crippen LogP contribution in [0.5, 0.6) is 0 Å². The Balaban J connectivity index is 2.11. The third kappa shape index (κ3) is 3.58. The lowest BCUT2D eigenvalue weighted by atomic mass is 9.98. The fourth-order valence-corrected chi connectivity index (χ4v) is 3.13. The molecule has 2 fully saturated rings. The summed E-state index contributed by atoms with van der Waals surface area (Å²) in [5, 5.41) is -0.814. The first kappa shape index (κ1) is 15.9. The van der Waals surface area contributed by atoms with E-state index in [1.807, 2.05) is 0 Å². The minimum atomic E-state index is -4.45. The van der Waals surface area contributed by atoms with Gasteiger partial charge >= 0.3 is 6.18 Å². The lowest BCUT2D eigenvalue weighted by Crippen LogP contribution is -2.57. The molecule has 3 unspecified atom stereocenters. The van der Waals surface area contributed by atoms with Gasteiger partial charge < -0.3 is 9.64 Å². The van der Waals surface area contributed by atoms with Crippen molar-refractivity contribution in [1.82, 2.24) is 4.90 Å². The zero-order valence-corrected chi connectivity index (χ0v) is 12.1. The van der Waals surface area contributed by atoms with E-state index < -0.39 is 36.2 Å². The first-order chi connectivity index (χ1) is 9.29. The van der Waals surface area contributed by atoms with Gasteiger partial charge in [-0.1, -0.05) is 12.8 Å². The molecule has 0 aromatic heterocycles. The quantitative estimate of drug-likeness (QED) is 0.734. The minimum Gasteiger partial charge on any atom is -0.362 e. The standard InChI is InChI=1S/C13H19ClF3NO2/c1-8(14)12(19)18-6-10(9-4-2-3-5-9)20-11(7-18)13(15,16)17/h8-11H,2-7H2,1H3. The molecule has 0 aromatic rings. The highest BCUT2D eigenvalue weighted by molar-refractivity contribution is 6.30. The van der Waals surface area contributed by atoms with E-state index in [0.717, 1.165) is 25.7 Å². The lowest BCUT2D eigenvalue weighted by Gasteiger charge is -2.41. The van der Waals surface area contributed by atoms with Crippen molar-refractivity contribution in [2.75, 3.05) is 13.1 Å². The first-order valence-corrected chi connectivity index (χ1v) is 7.37. The van der Waals surface area contributed by atoms with Gasteiger partial charge in [0.1, 0.15) is 5.38 Å². The van der Waals surface area contributed by atoms with Crippen LogP contribution in [0.25, 0.3) is 0 Å². The average Bonchev–Trinajstić information content (AvgIpc) is 2.90. The minimum absolute atomic E-state index is 0.112. The van der Waals surface area contributed by atoms with Crippen LogP contribution in [0, 0.1) is 5.92 Å². The molecule has 2 rings (SSSR count). The highest BCUT2D eigenvalue weighted by atomic mass is 35.5. The number of rotatable bonds is 2. The molecule has 1 saturated carbocycles. The van der Waals surface area contributed by atoms with Crippen LogP contribution in [0.4, 0.5) is 13.2 Å². The molecule has 0 N–H and O–H groups in total. The Kier molecular flexibility index (Phi) is 4.84. The molecule has 0 spiro atoms. The molecule has 0 aromatic carbocycles. The molecule has 7 heteroatoms. The van der Waals surface area contributed by atoms with Crippen LogP contribution in [0.3, 0.4) is 0 Å². The Labute approximate surface area is 121 Å². The maximum Gasteiger partial charge on any atom is 0.416 e. The molecule has 1 heterocycles. The van der Waals surface area contributed by atoms with Crippen molar-refractivity contribution < 1.29 is 22.7 Å². The molecule has 3 atom stereocenters. The van der Waals surface area contributed by atoms with Crippen molar-refractivity contribution in [3.05, 3.63) is 0 Å². The maximum absolute atomic E-state index is 12.9. The van der Waals surface area contributed by atoms with Gasteiger partial charge in [0, 0.05) is 6.54 Å². The van der Waals surface area contributed by atoms with Gasteiger partial charge in [0.25, 0.3) is 0 Å². The number of hydrogen-bond donors (Lipinski definition) is 0. The molecular formula is C13H19ClF3NO2. The Hall–Kier alpha value is -0.490. The molecule has 20 heavy (non-hydrogen) atoms. The number of amides is 1. The fraction of sp³-hybridized carbons (Fsp3) is 0.923. The largest absolute Gasteiger partial charge is 0.416 e. The number of carbonyl (C=O) groups is 1. The predicted molar refractivity (Wildman–Crippen MR) is 68.6 cm³/mol. The highest BCUT2D eigenvalue weighted by Gasteiger charge is 2.48. The van der Waals surface area contributed by atoms with Crippen molar-refractivity contribution >= 4 is 17.5 Å². The van der Waals surface area contributed by atoms with Crippen LogP contribution in [0.2, 0.25) is 0 Å². The number of halogens is 4. The van der Waals surface area contributed by atoms with Crippen molar-refractivity contribution in [3.8, 4) is 0 Å². The summed E-state index contributed by atoms with van der Waals surface area (Å²) in [4.78, 5) is 13.1. The van der Waals surface area contributed by atoms with Crippen LogP contribution in [-0.2, 0) is 9.53 Å². The van der Waals surface area contributed by atoms with Crippen LogP contribution < -0.4 is 0 Å². The summed E-state index contributed by atoms with van der Waals surface area (Å²) in [6.07, 6.45) is -3.12. The summed E-state index contributed by atoms with van der Waals surface area (Å²) >= 11 is 5.72. The third-order valence-electron chi connectivity index (χ3n) is 4.07. The fourth-order valence-electron chi connectivity index (χ4n) is 2.99. The average molecular weight is 314 g/mol. The van der Waals surface area contributed by atoms with Gasteiger partial charge in [-0.25, -0.2) is 0 Å². The summed E-state index contributed by atoms with van der Waals surface area (Å²) in [6.45, 7) is 1.24. The zero-order valence-electron chi connectivity index (χ0n) is 11.3. The molecule has 2 aliphatic rings. The van der Waals surface area contributed by atoms with Gasteiger partial charge in [0.05, 0.1) is 12.6 Å². The molecule has 3 nitrogen and oxygen atoms in total. The van der Waals surface area contributed by atoms with E-state index in [0.29, 0.717) is 0 Å². The second-order valence-electron chi connectivity index (χ2n) is 5.61. The lowest BCUT2D eigenvalue weighted by molar-refractivity contribution is -0.258. The second-order valence-corrected chi connectivity index (χ2v) is 6.26. The summed E-state index contributed by atoms with van der Waals surface area (Å²) in [7, 11) is 0. The van der Waals surface area contributed by atoms with E-state index in [2.05, 4.69) is 0 Å². The van der Waals surface area contributed by atoms with Gasteiger partial charge in [-0.05, 0) is 25.7 Å². The topological polar surface area (TPSA) is 29.5 Å². The molecule has 0 radical (unpaired) electrons. The summed E-state index contributed by atoms with van der Waals surface area (Å²) in [6, 6.07) is 0. The summed E-state index contributed by atoms with van der Waals surface area (Å²) in [5.74, 6) is -0.340. The van der Waals surface area contributed by atoms with Crippen molar-refractivity contribution in [2.45, 2.75) is 56.4 Å². The first-order valence-electron chi connectivity index (χ1n) is 6.94. The van der Waals surface area contributed by atoms with Crippen LogP contribution in [0.15, 0.2) is 0 Å². The van der Waals surface area contributed by atoms with Crippen molar-refractivity contribution in [2.24, 2.45) is 5.92 Å². The molecular weight excluding hydrogens is 295 g/mol. The third-order valence-corrected chi connectivity index (χ3v) is 4.25. The number of nitrogens with zero attached hydrogens (tertiary/aromatic N) is 1. The van der Waals surface area contributed by atoms with Gasteiger partial charge in [-0.3, -0.25) is 4.79 Å². The van der Waals surface area contributed by atoms with E-state index in [9.17, 15) is 18.0 Å².